The van der Waals surface area contributed by atoms with E-state index in [1.807, 2.05) is 13.8 Å². The molecule has 7 nitrogen and oxygen atoms in total. The molecule has 2 aromatic rings. The largest absolute Gasteiger partial charge is 0.416 e. The number of benzene rings is 2. The number of sulfonamides is 1. The molecule has 12 heteroatoms. The molecule has 0 aliphatic rings. The Kier molecular flexibility index (Phi) is 10.4. The fourth-order valence-electron chi connectivity index (χ4n) is 3.62. The third-order valence-corrected chi connectivity index (χ3v) is 7.34. The molecule has 0 bridgehead atoms. The minimum Gasteiger partial charge on any atom is -0.352 e. The molecule has 0 saturated carbocycles. The molecule has 2 aromatic carbocycles. The van der Waals surface area contributed by atoms with Crippen LogP contribution in [-0.2, 0) is 32.3 Å². The van der Waals surface area contributed by atoms with Gasteiger partial charge in [0.15, 0.2) is 0 Å². The van der Waals surface area contributed by atoms with Crippen LogP contribution in [0.25, 0.3) is 0 Å². The highest BCUT2D eigenvalue weighted by molar-refractivity contribution is 7.92. The van der Waals surface area contributed by atoms with Crippen molar-refractivity contribution >= 4 is 39.1 Å². The van der Waals surface area contributed by atoms with Gasteiger partial charge in [-0.1, -0.05) is 49.7 Å². The molecule has 204 valence electrons. The van der Waals surface area contributed by atoms with Crippen molar-refractivity contribution in [2.75, 3.05) is 17.1 Å². The lowest BCUT2D eigenvalue weighted by Crippen LogP contribution is -2.53. The lowest BCUT2D eigenvalue weighted by Gasteiger charge is -2.33. The second kappa shape index (κ2) is 12.6. The zero-order valence-electron chi connectivity index (χ0n) is 21.0. The van der Waals surface area contributed by atoms with Gasteiger partial charge in [0.2, 0.25) is 21.8 Å². The van der Waals surface area contributed by atoms with Gasteiger partial charge in [0.05, 0.1) is 17.5 Å². The first kappa shape index (κ1) is 30.4. The number of alkyl halides is 3. The Morgan fingerprint density at radius 2 is 1.70 bits per heavy atom. The van der Waals surface area contributed by atoms with Crippen molar-refractivity contribution in [1.82, 2.24) is 10.2 Å². The van der Waals surface area contributed by atoms with Gasteiger partial charge in [-0.15, -0.1) is 0 Å². The van der Waals surface area contributed by atoms with E-state index in [1.165, 1.54) is 11.0 Å². The van der Waals surface area contributed by atoms with E-state index in [-0.39, 0.29) is 24.7 Å². The van der Waals surface area contributed by atoms with E-state index in [0.29, 0.717) is 27.4 Å². The van der Waals surface area contributed by atoms with Crippen molar-refractivity contribution in [1.29, 1.82) is 0 Å². The smallest absolute Gasteiger partial charge is 0.352 e. The molecule has 2 rings (SSSR count). The Morgan fingerprint density at radius 1 is 1.05 bits per heavy atom. The van der Waals surface area contributed by atoms with Gasteiger partial charge >= 0.3 is 6.18 Å². The summed E-state index contributed by atoms with van der Waals surface area (Å²) in [7, 11) is -4.17. The van der Waals surface area contributed by atoms with Gasteiger partial charge < -0.3 is 10.2 Å². The minimum absolute atomic E-state index is 0.106. The van der Waals surface area contributed by atoms with Crippen LogP contribution in [0.15, 0.2) is 48.5 Å². The van der Waals surface area contributed by atoms with Crippen LogP contribution in [0.4, 0.5) is 18.9 Å². The number of nitrogens with zero attached hydrogens (tertiary/aromatic N) is 2. The van der Waals surface area contributed by atoms with E-state index in [1.54, 1.807) is 31.2 Å². The Morgan fingerprint density at radius 3 is 2.24 bits per heavy atom. The molecule has 0 radical (unpaired) electrons. The molecule has 0 aromatic heterocycles. The summed E-state index contributed by atoms with van der Waals surface area (Å²) >= 11 is 6.29. The third-order valence-electron chi connectivity index (χ3n) is 5.83. The third kappa shape index (κ3) is 8.36. The summed E-state index contributed by atoms with van der Waals surface area (Å²) in [6.45, 7) is 4.49. The summed E-state index contributed by atoms with van der Waals surface area (Å²) in [4.78, 5) is 27.9. The topological polar surface area (TPSA) is 86.8 Å². The van der Waals surface area contributed by atoms with Crippen molar-refractivity contribution in [3.8, 4) is 0 Å². The fourth-order valence-corrected chi connectivity index (χ4v) is 4.66. The number of carbonyl (C=O) groups is 2. The molecular weight excluding hydrogens is 531 g/mol. The average molecular weight is 562 g/mol. The van der Waals surface area contributed by atoms with Gasteiger partial charge in [0, 0.05) is 17.6 Å². The summed E-state index contributed by atoms with van der Waals surface area (Å²) in [6, 6.07) is 9.26. The second-order valence-corrected chi connectivity index (χ2v) is 11.0. The van der Waals surface area contributed by atoms with Crippen LogP contribution in [0.5, 0.6) is 0 Å². The quantitative estimate of drug-likeness (QED) is 0.425. The molecular formula is C25H31ClF3N3O4S. The monoisotopic (exact) mass is 561 g/mol. The molecule has 0 spiro atoms. The lowest BCUT2D eigenvalue weighted by atomic mass is 10.1. The number of nitrogens with one attached hydrogen (secondary N) is 1. The van der Waals surface area contributed by atoms with Crippen LogP contribution in [-0.4, -0.2) is 50.0 Å². The van der Waals surface area contributed by atoms with Gasteiger partial charge in [-0.05, 0) is 49.6 Å². The summed E-state index contributed by atoms with van der Waals surface area (Å²) in [6.07, 6.45) is -3.05. The summed E-state index contributed by atoms with van der Waals surface area (Å²) < 4.78 is 65.6. The lowest BCUT2D eigenvalue weighted by molar-refractivity contribution is -0.140. The zero-order valence-corrected chi connectivity index (χ0v) is 22.6. The number of amides is 2. The normalized spacial score (nSPS) is 13.5. The highest BCUT2D eigenvalue weighted by atomic mass is 35.5. The SMILES string of the molecule is CCC(C)NC(=O)C(CC)N(Cc1ccccc1Cl)C(=O)CN(c1cccc(C(F)(F)F)c1)S(C)(=O)=O. The van der Waals surface area contributed by atoms with E-state index in [2.05, 4.69) is 5.32 Å². The van der Waals surface area contributed by atoms with Crippen LogP contribution >= 0.6 is 11.6 Å². The zero-order chi connectivity index (χ0) is 28.0. The second-order valence-electron chi connectivity index (χ2n) is 8.67. The molecule has 2 atom stereocenters. The molecule has 0 heterocycles. The van der Waals surface area contributed by atoms with Gasteiger partial charge in [0.25, 0.3) is 0 Å². The standard InChI is InChI=1S/C25H31ClF3N3O4S/c1-5-17(3)30-24(34)22(6-2)31(15-18-10-7-8-13-21(18)26)23(33)16-32(37(4,35)36)20-12-9-11-19(14-20)25(27,28)29/h7-14,17,22H,5-6,15-16H2,1-4H3,(H,30,34). The van der Waals surface area contributed by atoms with Crippen molar-refractivity contribution in [2.45, 2.75) is 58.4 Å². The first-order valence-corrected chi connectivity index (χ1v) is 13.9. The summed E-state index contributed by atoms with van der Waals surface area (Å²) in [5, 5.41) is 3.18. The number of anilines is 1. The van der Waals surface area contributed by atoms with Crippen LogP contribution in [0.1, 0.15) is 44.7 Å². The molecule has 37 heavy (non-hydrogen) atoms. The maximum Gasteiger partial charge on any atom is 0.416 e. The predicted molar refractivity (Wildman–Crippen MR) is 138 cm³/mol. The van der Waals surface area contributed by atoms with E-state index in [0.717, 1.165) is 18.4 Å². The van der Waals surface area contributed by atoms with Gasteiger partial charge in [0.1, 0.15) is 12.6 Å². The van der Waals surface area contributed by atoms with Gasteiger partial charge in [-0.2, -0.15) is 13.2 Å². The first-order chi connectivity index (χ1) is 17.2. The summed E-state index contributed by atoms with van der Waals surface area (Å²) in [5.41, 5.74) is -0.851. The van der Waals surface area contributed by atoms with Crippen LogP contribution in [0.3, 0.4) is 0 Å². The molecule has 2 unspecified atom stereocenters. The average Bonchev–Trinajstić information content (AvgIpc) is 2.82. The number of hydrogen-bond donors (Lipinski definition) is 1. The molecule has 0 saturated heterocycles. The van der Waals surface area contributed by atoms with E-state index in [4.69, 9.17) is 11.6 Å². The number of halogens is 4. The first-order valence-electron chi connectivity index (χ1n) is 11.7. The molecule has 0 aliphatic carbocycles. The Balaban J connectivity index is 2.51. The van der Waals surface area contributed by atoms with Crippen LogP contribution < -0.4 is 9.62 Å². The highest BCUT2D eigenvalue weighted by Gasteiger charge is 2.34. The molecule has 0 fully saturated rings. The van der Waals surface area contributed by atoms with Crippen molar-refractivity contribution in [3.05, 3.63) is 64.7 Å². The van der Waals surface area contributed by atoms with Gasteiger partial charge in [-0.3, -0.25) is 13.9 Å². The Hall–Kier alpha value is -2.79. The predicted octanol–water partition coefficient (Wildman–Crippen LogP) is 4.85. The highest BCUT2D eigenvalue weighted by Crippen LogP contribution is 2.32. The van der Waals surface area contributed by atoms with Gasteiger partial charge in [-0.25, -0.2) is 8.42 Å². The number of carbonyl (C=O) groups excluding carboxylic acids is 2. The van der Waals surface area contributed by atoms with Crippen molar-refractivity contribution in [3.63, 3.8) is 0 Å². The van der Waals surface area contributed by atoms with Crippen LogP contribution in [0.2, 0.25) is 5.02 Å². The maximum atomic E-state index is 13.6. The maximum absolute atomic E-state index is 13.6. The minimum atomic E-state index is -4.71. The van der Waals surface area contributed by atoms with E-state index >= 15 is 0 Å². The Labute approximate surface area is 220 Å². The van der Waals surface area contributed by atoms with Crippen LogP contribution in [0, 0.1) is 0 Å². The van der Waals surface area contributed by atoms with E-state index in [9.17, 15) is 31.2 Å². The number of rotatable bonds is 11. The van der Waals surface area contributed by atoms with Crippen molar-refractivity contribution in [2.24, 2.45) is 0 Å². The van der Waals surface area contributed by atoms with E-state index < -0.39 is 46.2 Å². The molecule has 2 amide bonds. The summed E-state index contributed by atoms with van der Waals surface area (Å²) in [5.74, 6) is -1.20. The molecule has 0 aliphatic heterocycles. The molecule has 1 N–H and O–H groups in total. The fraction of sp³-hybridized carbons (Fsp3) is 0.440. The number of hydrogen-bond acceptors (Lipinski definition) is 4. The van der Waals surface area contributed by atoms with Crippen molar-refractivity contribution < 1.29 is 31.2 Å². The Bertz CT molecular complexity index is 1210.